The van der Waals surface area contributed by atoms with Gasteiger partial charge in [0, 0.05) is 53.7 Å². The molecule has 4 aromatic carbocycles. The summed E-state index contributed by atoms with van der Waals surface area (Å²) in [5, 5.41) is 16.3. The lowest BCUT2D eigenvalue weighted by atomic mass is 10.0. The van der Waals surface area contributed by atoms with Crippen molar-refractivity contribution in [3.63, 3.8) is 0 Å². The Balaban J connectivity index is 0.976. The summed E-state index contributed by atoms with van der Waals surface area (Å²) in [5.41, 5.74) is 3.42. The SMILES string of the molecule is COc1ccc(NS(=O)(=O)c2ccc(N3CCC(NCC(O)COc4cccc5[nH]c6ccccc6c45)CC3)cc2)cc1OC. The first kappa shape index (κ1) is 30.6. The van der Waals surface area contributed by atoms with Gasteiger partial charge in [-0.1, -0.05) is 24.3 Å². The first-order valence-electron chi connectivity index (χ1n) is 15.0. The lowest BCUT2D eigenvalue weighted by molar-refractivity contribution is 0.103. The Morgan fingerprint density at radius 1 is 0.889 bits per heavy atom. The Bertz CT molecular complexity index is 1870. The third-order valence-corrected chi connectivity index (χ3v) is 9.61. The van der Waals surface area contributed by atoms with Crippen molar-refractivity contribution in [1.82, 2.24) is 10.3 Å². The smallest absolute Gasteiger partial charge is 0.261 e. The molecule has 1 fully saturated rings. The van der Waals surface area contributed by atoms with Crippen LogP contribution < -0.4 is 29.1 Å². The second kappa shape index (κ2) is 13.3. The van der Waals surface area contributed by atoms with Crippen LogP contribution in [-0.2, 0) is 10.0 Å². The number of aromatic nitrogens is 1. The third-order valence-electron chi connectivity index (χ3n) is 8.21. The second-order valence-corrected chi connectivity index (χ2v) is 12.8. The molecule has 45 heavy (non-hydrogen) atoms. The van der Waals surface area contributed by atoms with E-state index in [4.69, 9.17) is 14.2 Å². The molecule has 0 saturated carbocycles. The van der Waals surface area contributed by atoms with Crippen molar-refractivity contribution in [1.29, 1.82) is 0 Å². The molecule has 1 aromatic heterocycles. The lowest BCUT2D eigenvalue weighted by Gasteiger charge is -2.34. The quantitative estimate of drug-likeness (QED) is 0.149. The Kier molecular flexibility index (Phi) is 9.02. The van der Waals surface area contributed by atoms with E-state index >= 15 is 0 Å². The van der Waals surface area contributed by atoms with Crippen LogP contribution in [-0.4, -0.2) is 71.1 Å². The number of rotatable bonds is 12. The summed E-state index contributed by atoms with van der Waals surface area (Å²) in [5.74, 6) is 1.71. The standard InChI is InChI=1S/C34H38N4O6S/c1-42-31-15-10-24(20-33(31)43-2)37-45(40,41)27-13-11-25(12-14-27)38-18-16-23(17-19-38)35-21-26(39)22-44-32-9-5-8-30-34(32)28-6-3-4-7-29(28)36-30/h3-15,20,23,26,35-37,39H,16-19,21-22H2,1-2H3. The van der Waals surface area contributed by atoms with Crippen molar-refractivity contribution >= 4 is 43.2 Å². The topological polar surface area (TPSA) is 125 Å². The van der Waals surface area contributed by atoms with Crippen molar-refractivity contribution in [2.45, 2.75) is 29.9 Å². The highest BCUT2D eigenvalue weighted by Gasteiger charge is 2.22. The van der Waals surface area contributed by atoms with Gasteiger partial charge in [0.15, 0.2) is 11.5 Å². The molecule has 1 saturated heterocycles. The van der Waals surface area contributed by atoms with E-state index in [2.05, 4.69) is 26.0 Å². The zero-order valence-corrected chi connectivity index (χ0v) is 26.1. The molecule has 0 spiro atoms. The van der Waals surface area contributed by atoms with Crippen molar-refractivity contribution in [3.05, 3.63) is 84.9 Å². The van der Waals surface area contributed by atoms with Gasteiger partial charge in [-0.3, -0.25) is 4.72 Å². The second-order valence-electron chi connectivity index (χ2n) is 11.2. The number of aromatic amines is 1. The van der Waals surface area contributed by atoms with E-state index in [1.807, 2.05) is 48.5 Å². The highest BCUT2D eigenvalue weighted by atomic mass is 32.2. The monoisotopic (exact) mass is 630 g/mol. The van der Waals surface area contributed by atoms with Gasteiger partial charge in [-0.25, -0.2) is 8.42 Å². The molecule has 4 N–H and O–H groups in total. The van der Waals surface area contributed by atoms with Gasteiger partial charge in [-0.15, -0.1) is 0 Å². The Labute approximate surface area is 263 Å². The van der Waals surface area contributed by atoms with Gasteiger partial charge in [0.1, 0.15) is 18.5 Å². The minimum Gasteiger partial charge on any atom is -0.493 e. The van der Waals surface area contributed by atoms with Crippen LogP contribution in [0.1, 0.15) is 12.8 Å². The number of piperidine rings is 1. The number of H-pyrrole nitrogens is 1. The van der Waals surface area contributed by atoms with Gasteiger partial charge in [0.05, 0.1) is 30.3 Å². The van der Waals surface area contributed by atoms with E-state index in [0.717, 1.165) is 59.2 Å². The summed E-state index contributed by atoms with van der Waals surface area (Å²) >= 11 is 0. The number of para-hydroxylation sites is 1. The number of benzene rings is 4. The molecule has 5 aromatic rings. The minimum atomic E-state index is -3.78. The third kappa shape index (κ3) is 6.80. The molecule has 10 nitrogen and oxygen atoms in total. The number of hydrogen-bond acceptors (Lipinski definition) is 8. The van der Waals surface area contributed by atoms with Crippen molar-refractivity contribution in [3.8, 4) is 17.2 Å². The fourth-order valence-electron chi connectivity index (χ4n) is 5.83. The molecule has 6 rings (SSSR count). The molecule has 0 bridgehead atoms. The largest absolute Gasteiger partial charge is 0.493 e. The normalized spacial score (nSPS) is 14.9. The summed E-state index contributed by atoms with van der Waals surface area (Å²) in [6, 6.07) is 26.1. The van der Waals surface area contributed by atoms with Gasteiger partial charge < -0.3 is 34.5 Å². The molecule has 0 aliphatic carbocycles. The van der Waals surface area contributed by atoms with Gasteiger partial charge in [0.2, 0.25) is 0 Å². The number of nitrogens with one attached hydrogen (secondary N) is 3. The number of aliphatic hydroxyl groups is 1. The molecule has 0 radical (unpaired) electrons. The fourth-order valence-corrected chi connectivity index (χ4v) is 6.88. The highest BCUT2D eigenvalue weighted by molar-refractivity contribution is 7.92. The van der Waals surface area contributed by atoms with Crippen LogP contribution in [0.4, 0.5) is 11.4 Å². The number of aliphatic hydroxyl groups excluding tert-OH is 1. The van der Waals surface area contributed by atoms with Crippen LogP contribution in [0.5, 0.6) is 17.2 Å². The number of hydrogen-bond donors (Lipinski definition) is 4. The molecule has 1 aliphatic heterocycles. The molecule has 1 aliphatic rings. The molecule has 1 unspecified atom stereocenters. The van der Waals surface area contributed by atoms with Crippen molar-refractivity contribution < 1.29 is 27.7 Å². The lowest BCUT2D eigenvalue weighted by Crippen LogP contribution is -2.45. The van der Waals surface area contributed by atoms with Crippen LogP contribution in [0.15, 0.2) is 89.8 Å². The van der Waals surface area contributed by atoms with Crippen LogP contribution in [0, 0.1) is 0 Å². The molecule has 11 heteroatoms. The van der Waals surface area contributed by atoms with Crippen molar-refractivity contribution in [2.24, 2.45) is 0 Å². The number of methoxy groups -OCH3 is 2. The molecular formula is C34H38N4O6S. The Hall–Kier alpha value is -4.45. The molecule has 0 amide bonds. The van der Waals surface area contributed by atoms with E-state index in [1.165, 1.54) is 14.2 Å². The summed E-state index contributed by atoms with van der Waals surface area (Å²) < 4.78 is 45.2. The van der Waals surface area contributed by atoms with Gasteiger partial charge >= 0.3 is 0 Å². The predicted molar refractivity (Wildman–Crippen MR) is 177 cm³/mol. The van der Waals surface area contributed by atoms with E-state index in [9.17, 15) is 13.5 Å². The first-order valence-corrected chi connectivity index (χ1v) is 16.5. The van der Waals surface area contributed by atoms with E-state index in [1.54, 1.807) is 30.3 Å². The van der Waals surface area contributed by atoms with Crippen LogP contribution in [0.25, 0.3) is 21.8 Å². The summed E-state index contributed by atoms with van der Waals surface area (Å²) in [6.45, 7) is 2.28. The molecular weight excluding hydrogens is 592 g/mol. The Morgan fingerprint density at radius 3 is 2.38 bits per heavy atom. The molecule has 236 valence electrons. The van der Waals surface area contributed by atoms with Gasteiger partial charge in [-0.05, 0) is 67.4 Å². The zero-order valence-electron chi connectivity index (χ0n) is 25.3. The average Bonchev–Trinajstić information content (AvgIpc) is 3.46. The summed E-state index contributed by atoms with van der Waals surface area (Å²) in [4.78, 5) is 5.84. The summed E-state index contributed by atoms with van der Waals surface area (Å²) in [6.07, 6.45) is 1.16. The van der Waals surface area contributed by atoms with Crippen LogP contribution in [0.2, 0.25) is 0 Å². The summed E-state index contributed by atoms with van der Waals surface area (Å²) in [7, 11) is -0.754. The van der Waals surface area contributed by atoms with Crippen LogP contribution in [0.3, 0.4) is 0 Å². The van der Waals surface area contributed by atoms with Crippen LogP contribution >= 0.6 is 0 Å². The Morgan fingerprint density at radius 2 is 1.62 bits per heavy atom. The minimum absolute atomic E-state index is 0.176. The number of sulfonamides is 1. The highest BCUT2D eigenvalue weighted by Crippen LogP contribution is 2.33. The number of nitrogens with zero attached hydrogens (tertiary/aromatic N) is 1. The zero-order chi connectivity index (χ0) is 31.4. The van der Waals surface area contributed by atoms with E-state index < -0.39 is 16.1 Å². The molecule has 1 atom stereocenters. The molecule has 2 heterocycles. The number of ether oxygens (including phenoxy) is 3. The predicted octanol–water partition coefficient (Wildman–Crippen LogP) is 5.14. The maximum atomic E-state index is 13.0. The average molecular weight is 631 g/mol. The number of fused-ring (bicyclic) bond motifs is 3. The van der Waals surface area contributed by atoms with Gasteiger partial charge in [0.25, 0.3) is 10.0 Å². The fraction of sp³-hybridized carbons (Fsp3) is 0.294. The van der Waals surface area contributed by atoms with Gasteiger partial charge in [-0.2, -0.15) is 0 Å². The maximum Gasteiger partial charge on any atom is 0.261 e. The number of anilines is 2. The first-order chi connectivity index (χ1) is 21.8. The van der Waals surface area contributed by atoms with Crippen molar-refractivity contribution in [2.75, 3.05) is 50.1 Å². The van der Waals surface area contributed by atoms with E-state index in [0.29, 0.717) is 23.7 Å². The maximum absolute atomic E-state index is 13.0. The van der Waals surface area contributed by atoms with E-state index in [-0.39, 0.29) is 17.5 Å².